The number of nitrogens with zero attached hydrogens (tertiary/aromatic N) is 2. The average Bonchev–Trinajstić information content (AvgIpc) is 2.91. The van der Waals surface area contributed by atoms with E-state index in [1.165, 1.54) is 11.3 Å². The third-order valence-electron chi connectivity index (χ3n) is 3.30. The summed E-state index contributed by atoms with van der Waals surface area (Å²) in [5.41, 5.74) is 0.934. The second kappa shape index (κ2) is 5.71. The van der Waals surface area contributed by atoms with Crippen LogP contribution in [0.25, 0.3) is 10.3 Å². The van der Waals surface area contributed by atoms with Gasteiger partial charge in [0.15, 0.2) is 0 Å². The number of ether oxygens (including phenoxy) is 2. The molecule has 1 saturated heterocycles. The fourth-order valence-corrected chi connectivity index (χ4v) is 3.35. The number of aromatic nitrogens is 2. The van der Waals surface area contributed by atoms with Gasteiger partial charge in [-0.25, -0.2) is 9.78 Å². The molecule has 1 aliphatic heterocycles. The normalized spacial score (nSPS) is 18.2. The van der Waals surface area contributed by atoms with Gasteiger partial charge in [0.1, 0.15) is 15.5 Å². The number of alkyl halides is 1. The van der Waals surface area contributed by atoms with Crippen molar-refractivity contribution < 1.29 is 14.3 Å². The fraction of sp³-hybridized carbons (Fsp3) is 0.538. The standard InChI is InChI=1S/C13H15ClN2O3S/c1-2-18-13(17)10-5-9-12(20-10)15-11(6-14)16(9)7-8-3-4-19-8/h5,8H,2-4,6-7H2,1H3/t8-/m0/s1. The molecule has 0 spiro atoms. The molecule has 3 heterocycles. The largest absolute Gasteiger partial charge is 0.462 e. The zero-order valence-electron chi connectivity index (χ0n) is 11.1. The molecule has 1 aliphatic rings. The Labute approximate surface area is 125 Å². The van der Waals surface area contributed by atoms with Crippen LogP contribution < -0.4 is 0 Å². The molecule has 2 aromatic rings. The minimum atomic E-state index is -0.297. The molecule has 0 N–H and O–H groups in total. The number of fused-ring (bicyclic) bond motifs is 1. The Kier molecular flexibility index (Phi) is 3.96. The summed E-state index contributed by atoms with van der Waals surface area (Å²) in [5, 5.41) is 0. The van der Waals surface area contributed by atoms with E-state index in [0.717, 1.165) is 35.7 Å². The van der Waals surface area contributed by atoms with E-state index in [4.69, 9.17) is 21.1 Å². The SMILES string of the molecule is CCOC(=O)c1cc2c(nc(CCl)n2C[C@@H]2CCO2)s1. The van der Waals surface area contributed by atoms with Crippen LogP contribution in [0.3, 0.4) is 0 Å². The number of carbonyl (C=O) groups excluding carboxylic acids is 1. The van der Waals surface area contributed by atoms with Gasteiger partial charge in [0.05, 0.1) is 30.7 Å². The third-order valence-corrected chi connectivity index (χ3v) is 4.54. The summed E-state index contributed by atoms with van der Waals surface area (Å²) in [5.74, 6) is 0.872. The minimum Gasteiger partial charge on any atom is -0.462 e. The highest BCUT2D eigenvalue weighted by Gasteiger charge is 2.23. The number of esters is 1. The topological polar surface area (TPSA) is 53.3 Å². The van der Waals surface area contributed by atoms with E-state index in [2.05, 4.69) is 4.98 Å². The van der Waals surface area contributed by atoms with Crippen molar-refractivity contribution in [3.8, 4) is 0 Å². The summed E-state index contributed by atoms with van der Waals surface area (Å²) in [6.07, 6.45) is 1.27. The van der Waals surface area contributed by atoms with Crippen LogP contribution in [-0.2, 0) is 21.9 Å². The maximum absolute atomic E-state index is 11.8. The van der Waals surface area contributed by atoms with E-state index in [1.807, 2.05) is 10.6 Å². The van der Waals surface area contributed by atoms with Gasteiger partial charge in [0, 0.05) is 6.61 Å². The summed E-state index contributed by atoms with van der Waals surface area (Å²) >= 11 is 7.29. The van der Waals surface area contributed by atoms with Gasteiger partial charge in [0.2, 0.25) is 0 Å². The summed E-state index contributed by atoms with van der Waals surface area (Å²) in [7, 11) is 0. The van der Waals surface area contributed by atoms with E-state index in [-0.39, 0.29) is 12.1 Å². The summed E-state index contributed by atoms with van der Waals surface area (Å²) in [4.78, 5) is 17.7. The Morgan fingerprint density at radius 1 is 1.70 bits per heavy atom. The van der Waals surface area contributed by atoms with Crippen LogP contribution in [0.5, 0.6) is 0 Å². The molecule has 1 atom stereocenters. The highest BCUT2D eigenvalue weighted by Crippen LogP contribution is 2.29. The van der Waals surface area contributed by atoms with Crippen molar-refractivity contribution in [1.82, 2.24) is 9.55 Å². The molecule has 2 aromatic heterocycles. The van der Waals surface area contributed by atoms with Crippen molar-refractivity contribution in [1.29, 1.82) is 0 Å². The van der Waals surface area contributed by atoms with Crippen molar-refractivity contribution in [3.05, 3.63) is 16.8 Å². The highest BCUT2D eigenvalue weighted by atomic mass is 35.5. The maximum atomic E-state index is 11.8. The molecular weight excluding hydrogens is 300 g/mol. The summed E-state index contributed by atoms with van der Waals surface area (Å²) < 4.78 is 12.5. The van der Waals surface area contributed by atoms with Crippen LogP contribution in [0, 0.1) is 0 Å². The fourth-order valence-electron chi connectivity index (χ4n) is 2.20. The van der Waals surface area contributed by atoms with Gasteiger partial charge in [-0.1, -0.05) is 0 Å². The van der Waals surface area contributed by atoms with Gasteiger partial charge >= 0.3 is 5.97 Å². The Hall–Kier alpha value is -1.11. The summed E-state index contributed by atoms with van der Waals surface area (Å²) in [6, 6.07) is 1.83. The first-order valence-corrected chi connectivity index (χ1v) is 7.91. The van der Waals surface area contributed by atoms with Crippen LogP contribution in [0.1, 0.15) is 28.8 Å². The Balaban J connectivity index is 1.94. The molecule has 0 amide bonds. The number of rotatable bonds is 5. The lowest BCUT2D eigenvalue weighted by atomic mass is 10.2. The molecule has 1 fully saturated rings. The van der Waals surface area contributed by atoms with Crippen molar-refractivity contribution in [3.63, 3.8) is 0 Å². The van der Waals surface area contributed by atoms with Crippen molar-refractivity contribution >= 4 is 39.3 Å². The van der Waals surface area contributed by atoms with E-state index in [1.54, 1.807) is 6.92 Å². The van der Waals surface area contributed by atoms with E-state index in [9.17, 15) is 4.79 Å². The molecule has 3 rings (SSSR count). The smallest absolute Gasteiger partial charge is 0.348 e. The molecule has 7 heteroatoms. The molecule has 5 nitrogen and oxygen atoms in total. The maximum Gasteiger partial charge on any atom is 0.348 e. The first-order chi connectivity index (χ1) is 9.72. The molecule has 0 radical (unpaired) electrons. The van der Waals surface area contributed by atoms with Crippen LogP contribution >= 0.6 is 22.9 Å². The predicted molar refractivity (Wildman–Crippen MR) is 77.5 cm³/mol. The van der Waals surface area contributed by atoms with Gasteiger partial charge in [-0.15, -0.1) is 22.9 Å². The van der Waals surface area contributed by atoms with Crippen LogP contribution in [0.4, 0.5) is 0 Å². The minimum absolute atomic E-state index is 0.223. The van der Waals surface area contributed by atoms with Crippen LogP contribution in [0.15, 0.2) is 6.07 Å². The van der Waals surface area contributed by atoms with Crippen LogP contribution in [-0.4, -0.2) is 34.8 Å². The quantitative estimate of drug-likeness (QED) is 0.629. The third kappa shape index (κ3) is 2.43. The second-order valence-corrected chi connectivity index (χ2v) is 5.87. The summed E-state index contributed by atoms with van der Waals surface area (Å²) in [6.45, 7) is 3.72. The van der Waals surface area contributed by atoms with Crippen LogP contribution in [0.2, 0.25) is 0 Å². The zero-order chi connectivity index (χ0) is 14.1. The molecule has 20 heavy (non-hydrogen) atoms. The van der Waals surface area contributed by atoms with Crippen molar-refractivity contribution in [2.24, 2.45) is 0 Å². The second-order valence-electron chi connectivity index (χ2n) is 4.58. The predicted octanol–water partition coefficient (Wildman–Crippen LogP) is 2.80. The number of thiophene rings is 1. The lowest BCUT2D eigenvalue weighted by Crippen LogP contribution is -2.31. The lowest BCUT2D eigenvalue weighted by Gasteiger charge is -2.27. The Morgan fingerprint density at radius 2 is 2.50 bits per heavy atom. The van der Waals surface area contributed by atoms with E-state index >= 15 is 0 Å². The molecule has 0 saturated carbocycles. The first kappa shape index (κ1) is 13.9. The Morgan fingerprint density at radius 3 is 3.10 bits per heavy atom. The van der Waals surface area contributed by atoms with Crippen molar-refractivity contribution in [2.45, 2.75) is 31.9 Å². The van der Waals surface area contributed by atoms with Gasteiger partial charge < -0.3 is 14.0 Å². The number of halogens is 1. The zero-order valence-corrected chi connectivity index (χ0v) is 12.7. The highest BCUT2D eigenvalue weighted by molar-refractivity contribution is 7.20. The molecule has 0 aromatic carbocycles. The molecule has 0 unspecified atom stereocenters. The average molecular weight is 315 g/mol. The Bertz CT molecular complexity index is 633. The molecule has 0 bridgehead atoms. The van der Waals surface area contributed by atoms with Gasteiger partial charge in [-0.3, -0.25) is 0 Å². The van der Waals surface area contributed by atoms with Gasteiger partial charge in [-0.05, 0) is 19.4 Å². The number of hydrogen-bond acceptors (Lipinski definition) is 5. The molecular formula is C13H15ClN2O3S. The first-order valence-electron chi connectivity index (χ1n) is 6.56. The van der Waals surface area contributed by atoms with Gasteiger partial charge in [0.25, 0.3) is 0 Å². The van der Waals surface area contributed by atoms with Crippen molar-refractivity contribution in [2.75, 3.05) is 13.2 Å². The van der Waals surface area contributed by atoms with Gasteiger partial charge in [-0.2, -0.15) is 0 Å². The van der Waals surface area contributed by atoms with E-state index < -0.39 is 0 Å². The lowest BCUT2D eigenvalue weighted by molar-refractivity contribution is -0.0589. The number of hydrogen-bond donors (Lipinski definition) is 0. The molecule has 0 aliphatic carbocycles. The number of imidazole rings is 1. The van der Waals surface area contributed by atoms with E-state index in [0.29, 0.717) is 17.4 Å². The number of carbonyl (C=O) groups is 1. The molecule has 108 valence electrons. The monoisotopic (exact) mass is 314 g/mol.